The minimum absolute atomic E-state index is 0.115. The fourth-order valence-corrected chi connectivity index (χ4v) is 3.16. The van der Waals surface area contributed by atoms with Crippen LogP contribution >= 0.6 is 34.2 Å². The number of amides is 1. The molecule has 1 amide bonds. The number of carbonyl (C=O) groups is 1. The van der Waals surface area contributed by atoms with Crippen molar-refractivity contribution in [2.24, 2.45) is 5.73 Å². The molecule has 1 aromatic carbocycles. The van der Waals surface area contributed by atoms with Gasteiger partial charge >= 0.3 is 0 Å². The second-order valence-corrected chi connectivity index (χ2v) is 6.89. The number of benzene rings is 1. The first-order valence-corrected chi connectivity index (χ1v) is 8.62. The number of rotatable bonds is 5. The van der Waals surface area contributed by atoms with Crippen LogP contribution in [-0.2, 0) is 4.74 Å². The number of halogens is 2. The van der Waals surface area contributed by atoms with Gasteiger partial charge in [-0.1, -0.05) is 11.6 Å². The van der Waals surface area contributed by atoms with E-state index in [1.54, 1.807) is 12.1 Å². The van der Waals surface area contributed by atoms with Crippen LogP contribution in [0.15, 0.2) is 18.2 Å². The monoisotopic (exact) mass is 422 g/mol. The van der Waals surface area contributed by atoms with E-state index in [2.05, 4.69) is 27.9 Å². The number of nitrogens with one attached hydrogen (secondary N) is 1. The third-order valence-electron chi connectivity index (χ3n) is 3.63. The lowest BCUT2D eigenvalue weighted by molar-refractivity contribution is 0.0267. The molecule has 0 aliphatic heterocycles. The van der Waals surface area contributed by atoms with Crippen molar-refractivity contribution in [3.05, 3.63) is 32.4 Å². The van der Waals surface area contributed by atoms with Gasteiger partial charge in [-0.3, -0.25) is 4.79 Å². The highest BCUT2D eigenvalue weighted by Crippen LogP contribution is 2.20. The number of carbonyl (C=O) groups excluding carboxylic acids is 1. The molecule has 1 saturated carbocycles. The summed E-state index contributed by atoms with van der Waals surface area (Å²) in [5, 5.41) is 3.43. The highest BCUT2D eigenvalue weighted by molar-refractivity contribution is 14.1. The zero-order chi connectivity index (χ0) is 15.2. The Morgan fingerprint density at radius 3 is 2.81 bits per heavy atom. The topological polar surface area (TPSA) is 64.3 Å². The van der Waals surface area contributed by atoms with E-state index in [1.165, 1.54) is 0 Å². The zero-order valence-corrected chi connectivity index (χ0v) is 14.7. The summed E-state index contributed by atoms with van der Waals surface area (Å²) in [4.78, 5) is 12.1. The van der Waals surface area contributed by atoms with Crippen LogP contribution in [0.1, 0.15) is 36.0 Å². The Balaban J connectivity index is 1.71. The molecule has 4 nitrogen and oxygen atoms in total. The van der Waals surface area contributed by atoms with Crippen molar-refractivity contribution >= 4 is 40.1 Å². The van der Waals surface area contributed by atoms with Gasteiger partial charge in [0.1, 0.15) is 0 Å². The smallest absolute Gasteiger partial charge is 0.252 e. The van der Waals surface area contributed by atoms with Gasteiger partial charge in [0.2, 0.25) is 0 Å². The van der Waals surface area contributed by atoms with Crippen LogP contribution in [0, 0.1) is 3.57 Å². The molecule has 116 valence electrons. The van der Waals surface area contributed by atoms with Gasteiger partial charge in [0.15, 0.2) is 0 Å². The van der Waals surface area contributed by atoms with Crippen LogP contribution in [-0.4, -0.2) is 31.2 Å². The molecule has 1 aliphatic carbocycles. The van der Waals surface area contributed by atoms with Crippen molar-refractivity contribution in [2.45, 2.75) is 37.8 Å². The van der Waals surface area contributed by atoms with Crippen molar-refractivity contribution in [1.82, 2.24) is 5.32 Å². The van der Waals surface area contributed by atoms with Crippen molar-refractivity contribution in [3.63, 3.8) is 0 Å². The molecule has 6 heteroatoms. The quantitative estimate of drug-likeness (QED) is 0.566. The number of ether oxygens (including phenoxy) is 1. The summed E-state index contributed by atoms with van der Waals surface area (Å²) in [6, 6.07) is 5.62. The minimum atomic E-state index is -0.115. The number of hydrogen-bond acceptors (Lipinski definition) is 3. The first kappa shape index (κ1) is 17.0. The van der Waals surface area contributed by atoms with Crippen molar-refractivity contribution < 1.29 is 9.53 Å². The van der Waals surface area contributed by atoms with E-state index in [4.69, 9.17) is 22.1 Å². The molecule has 0 aromatic heterocycles. The standard InChI is InChI=1S/C15H20ClIN2O2/c16-10-1-6-14(17)13(9-10)15(20)19-7-8-21-12-4-2-11(18)3-5-12/h1,6,9,11-12H,2-5,7-8,18H2,(H,19,20). The molecule has 0 saturated heterocycles. The van der Waals surface area contributed by atoms with Gasteiger partial charge in [-0.2, -0.15) is 0 Å². The Morgan fingerprint density at radius 1 is 1.38 bits per heavy atom. The van der Waals surface area contributed by atoms with Crippen LogP contribution in [0.5, 0.6) is 0 Å². The Bertz CT molecular complexity index is 491. The normalized spacial score (nSPS) is 22.0. The predicted molar refractivity (Wildman–Crippen MR) is 92.7 cm³/mol. The highest BCUT2D eigenvalue weighted by atomic mass is 127. The van der Waals surface area contributed by atoms with Crippen LogP contribution in [0.25, 0.3) is 0 Å². The lowest BCUT2D eigenvalue weighted by atomic mass is 9.94. The Hall–Kier alpha value is -0.370. The van der Waals surface area contributed by atoms with E-state index in [0.717, 1.165) is 29.3 Å². The van der Waals surface area contributed by atoms with Crippen LogP contribution in [0.2, 0.25) is 5.02 Å². The zero-order valence-electron chi connectivity index (χ0n) is 11.8. The second-order valence-electron chi connectivity index (χ2n) is 5.29. The van der Waals surface area contributed by atoms with E-state index in [9.17, 15) is 4.79 Å². The molecule has 0 atom stereocenters. The maximum atomic E-state index is 12.1. The fourth-order valence-electron chi connectivity index (χ4n) is 2.41. The van der Waals surface area contributed by atoms with Gasteiger partial charge in [-0.25, -0.2) is 0 Å². The van der Waals surface area contributed by atoms with E-state index < -0.39 is 0 Å². The van der Waals surface area contributed by atoms with E-state index in [1.807, 2.05) is 6.07 Å². The summed E-state index contributed by atoms with van der Waals surface area (Å²) in [5.74, 6) is -0.115. The molecule has 3 N–H and O–H groups in total. The Labute approximate surface area is 143 Å². The highest BCUT2D eigenvalue weighted by Gasteiger charge is 2.18. The van der Waals surface area contributed by atoms with Crippen molar-refractivity contribution in [1.29, 1.82) is 0 Å². The lowest BCUT2D eigenvalue weighted by Gasteiger charge is -2.26. The molecular weight excluding hydrogens is 403 g/mol. The first-order chi connectivity index (χ1) is 10.1. The maximum Gasteiger partial charge on any atom is 0.252 e. The number of nitrogens with two attached hydrogens (primary N) is 1. The third kappa shape index (κ3) is 5.39. The van der Waals surface area contributed by atoms with Gasteiger partial charge in [0, 0.05) is 21.2 Å². The molecule has 2 rings (SSSR count). The summed E-state index contributed by atoms with van der Waals surface area (Å²) >= 11 is 8.05. The van der Waals surface area contributed by atoms with Crippen LogP contribution in [0.4, 0.5) is 0 Å². The average Bonchev–Trinajstić information content (AvgIpc) is 2.47. The molecule has 1 aromatic rings. The molecule has 0 bridgehead atoms. The summed E-state index contributed by atoms with van der Waals surface area (Å²) < 4.78 is 6.66. The lowest BCUT2D eigenvalue weighted by Crippen LogP contribution is -2.33. The summed E-state index contributed by atoms with van der Waals surface area (Å²) in [6.45, 7) is 1.03. The fraction of sp³-hybridized carbons (Fsp3) is 0.533. The molecule has 1 aliphatic rings. The number of hydrogen-bond donors (Lipinski definition) is 2. The SMILES string of the molecule is NC1CCC(OCCNC(=O)c2cc(Cl)ccc2I)CC1. The molecule has 0 spiro atoms. The van der Waals surface area contributed by atoms with Crippen molar-refractivity contribution in [2.75, 3.05) is 13.2 Å². The average molecular weight is 423 g/mol. The summed E-state index contributed by atoms with van der Waals surface area (Å²) in [6.07, 6.45) is 4.37. The van der Waals surface area contributed by atoms with Gasteiger partial charge in [-0.05, 0) is 66.5 Å². The molecular formula is C15H20ClIN2O2. The molecule has 0 radical (unpaired) electrons. The van der Waals surface area contributed by atoms with E-state index >= 15 is 0 Å². The van der Waals surface area contributed by atoms with Crippen LogP contribution < -0.4 is 11.1 Å². The van der Waals surface area contributed by atoms with Gasteiger partial charge in [0.05, 0.1) is 18.3 Å². The second kappa shape index (κ2) is 8.31. The summed E-state index contributed by atoms with van der Waals surface area (Å²) in [7, 11) is 0. The van der Waals surface area contributed by atoms with Gasteiger partial charge < -0.3 is 15.8 Å². The molecule has 0 unspecified atom stereocenters. The maximum absolute atomic E-state index is 12.1. The largest absolute Gasteiger partial charge is 0.376 e. The van der Waals surface area contributed by atoms with Crippen LogP contribution in [0.3, 0.4) is 0 Å². The van der Waals surface area contributed by atoms with Gasteiger partial charge in [0.25, 0.3) is 5.91 Å². The Morgan fingerprint density at radius 2 is 2.10 bits per heavy atom. The molecule has 0 heterocycles. The molecule has 21 heavy (non-hydrogen) atoms. The third-order valence-corrected chi connectivity index (χ3v) is 4.81. The molecule has 1 fully saturated rings. The summed E-state index contributed by atoms with van der Waals surface area (Å²) in [5.41, 5.74) is 6.46. The Kier molecular flexibility index (Phi) is 6.73. The van der Waals surface area contributed by atoms with E-state index in [-0.39, 0.29) is 12.0 Å². The van der Waals surface area contributed by atoms with Crippen molar-refractivity contribution in [3.8, 4) is 0 Å². The first-order valence-electron chi connectivity index (χ1n) is 7.16. The predicted octanol–water partition coefficient (Wildman–Crippen LogP) is 2.96. The van der Waals surface area contributed by atoms with Gasteiger partial charge in [-0.15, -0.1) is 0 Å². The minimum Gasteiger partial charge on any atom is -0.376 e. The van der Waals surface area contributed by atoms with E-state index in [0.29, 0.717) is 29.8 Å².